The van der Waals surface area contributed by atoms with Gasteiger partial charge < -0.3 is 9.74 Å². The molecule has 1 aromatic heterocycles. The lowest BCUT2D eigenvalue weighted by Crippen LogP contribution is -2.50. The molecule has 8 heteroatoms. The lowest BCUT2D eigenvalue weighted by atomic mass is 10.1. The van der Waals surface area contributed by atoms with Gasteiger partial charge in [0.25, 0.3) is 11.8 Å². The Balaban J connectivity index is 1.32. The number of nitrogens with zero attached hydrogens (tertiary/aromatic N) is 4. The van der Waals surface area contributed by atoms with Gasteiger partial charge in [-0.15, -0.1) is 5.06 Å². The Hall–Kier alpha value is -3.26. The Bertz CT molecular complexity index is 998. The molecule has 0 aliphatic carbocycles. The molecule has 2 saturated heterocycles. The zero-order chi connectivity index (χ0) is 22.0. The molecule has 0 unspecified atom stereocenters. The summed E-state index contributed by atoms with van der Waals surface area (Å²) in [7, 11) is 0. The second kappa shape index (κ2) is 8.85. The fraction of sp³-hybridized carbons (Fsp3) is 0.391. The molecule has 3 heterocycles. The van der Waals surface area contributed by atoms with Crippen molar-refractivity contribution >= 4 is 17.9 Å². The van der Waals surface area contributed by atoms with E-state index in [-0.39, 0.29) is 12.8 Å². The Morgan fingerprint density at radius 2 is 1.71 bits per heavy atom. The van der Waals surface area contributed by atoms with Gasteiger partial charge in [-0.3, -0.25) is 19.5 Å². The molecule has 2 fully saturated rings. The SMILES string of the molecule is Cc1cccc(-c2ccc(CN3CCN(C(=O)ON4C(=O)CCC4=O)CC3)c(C)n2)c1. The van der Waals surface area contributed by atoms with Gasteiger partial charge in [-0.05, 0) is 31.5 Å². The van der Waals surface area contributed by atoms with Gasteiger partial charge in [0.2, 0.25) is 0 Å². The van der Waals surface area contributed by atoms with Crippen molar-refractivity contribution in [2.45, 2.75) is 33.2 Å². The maximum Gasteiger partial charge on any atom is 0.434 e. The number of hydrogen-bond donors (Lipinski definition) is 0. The number of piperazine rings is 1. The molecular weight excluding hydrogens is 396 g/mol. The number of amides is 3. The molecule has 1 aromatic carbocycles. The Morgan fingerprint density at radius 3 is 2.35 bits per heavy atom. The van der Waals surface area contributed by atoms with Crippen molar-refractivity contribution in [2.24, 2.45) is 0 Å². The normalized spacial score (nSPS) is 17.4. The number of imide groups is 1. The number of rotatable bonds is 4. The topological polar surface area (TPSA) is 83.0 Å². The maximum absolute atomic E-state index is 12.3. The molecule has 0 N–H and O–H groups in total. The quantitative estimate of drug-likeness (QED) is 0.705. The van der Waals surface area contributed by atoms with Crippen molar-refractivity contribution in [3.8, 4) is 11.3 Å². The Kier molecular flexibility index (Phi) is 5.99. The van der Waals surface area contributed by atoms with E-state index in [0.29, 0.717) is 31.2 Å². The first-order valence-electron chi connectivity index (χ1n) is 10.5. The summed E-state index contributed by atoms with van der Waals surface area (Å²) in [5.74, 6) is -0.928. The monoisotopic (exact) mass is 422 g/mol. The van der Waals surface area contributed by atoms with Crippen LogP contribution in [0.1, 0.15) is 29.7 Å². The molecule has 2 aliphatic rings. The van der Waals surface area contributed by atoms with Crippen LogP contribution in [-0.4, -0.2) is 63.9 Å². The van der Waals surface area contributed by atoms with Gasteiger partial charge in [-0.1, -0.05) is 29.8 Å². The zero-order valence-electron chi connectivity index (χ0n) is 17.8. The molecule has 0 spiro atoms. The number of pyridine rings is 1. The summed E-state index contributed by atoms with van der Waals surface area (Å²) in [6, 6.07) is 12.5. The van der Waals surface area contributed by atoms with Crippen LogP contribution >= 0.6 is 0 Å². The van der Waals surface area contributed by atoms with Gasteiger partial charge in [0.1, 0.15) is 0 Å². The maximum atomic E-state index is 12.3. The third-order valence-electron chi connectivity index (χ3n) is 5.71. The summed E-state index contributed by atoms with van der Waals surface area (Å²) in [6.45, 7) is 7.14. The van der Waals surface area contributed by atoms with E-state index in [2.05, 4.69) is 42.2 Å². The van der Waals surface area contributed by atoms with E-state index in [1.165, 1.54) is 10.5 Å². The fourth-order valence-corrected chi connectivity index (χ4v) is 3.85. The Morgan fingerprint density at radius 1 is 1.00 bits per heavy atom. The van der Waals surface area contributed by atoms with Crippen LogP contribution in [0.15, 0.2) is 36.4 Å². The lowest BCUT2D eigenvalue weighted by molar-refractivity contribution is -0.174. The van der Waals surface area contributed by atoms with Crippen LogP contribution in [0.2, 0.25) is 0 Å². The molecule has 8 nitrogen and oxygen atoms in total. The standard InChI is InChI=1S/C23H26N4O4/c1-16-4-3-5-18(14-16)20-7-6-19(17(2)24-20)15-25-10-12-26(13-11-25)23(30)31-27-21(28)8-9-22(27)29/h3-7,14H,8-13,15H2,1-2H3. The van der Waals surface area contributed by atoms with E-state index in [9.17, 15) is 14.4 Å². The number of aryl methyl sites for hydroxylation is 2. The van der Waals surface area contributed by atoms with E-state index in [1.807, 2.05) is 13.0 Å². The molecule has 0 saturated carbocycles. The van der Waals surface area contributed by atoms with Crippen molar-refractivity contribution < 1.29 is 19.2 Å². The van der Waals surface area contributed by atoms with Crippen molar-refractivity contribution in [1.82, 2.24) is 19.8 Å². The first-order valence-corrected chi connectivity index (χ1v) is 10.5. The predicted octanol–water partition coefficient (Wildman–Crippen LogP) is 2.68. The minimum absolute atomic E-state index is 0.0932. The number of benzene rings is 1. The zero-order valence-corrected chi connectivity index (χ0v) is 17.8. The molecule has 162 valence electrons. The summed E-state index contributed by atoms with van der Waals surface area (Å²) >= 11 is 0. The van der Waals surface area contributed by atoms with Gasteiger partial charge >= 0.3 is 6.09 Å². The van der Waals surface area contributed by atoms with E-state index >= 15 is 0 Å². The number of hydroxylamine groups is 2. The van der Waals surface area contributed by atoms with Crippen LogP contribution in [0.4, 0.5) is 4.79 Å². The summed E-state index contributed by atoms with van der Waals surface area (Å²) < 4.78 is 0. The first-order chi connectivity index (χ1) is 14.9. The van der Waals surface area contributed by atoms with E-state index in [0.717, 1.165) is 29.1 Å². The van der Waals surface area contributed by atoms with Gasteiger partial charge in [0, 0.05) is 56.8 Å². The van der Waals surface area contributed by atoms with Crippen LogP contribution in [0.25, 0.3) is 11.3 Å². The molecule has 4 rings (SSSR count). The highest BCUT2D eigenvalue weighted by Gasteiger charge is 2.34. The molecule has 3 amide bonds. The van der Waals surface area contributed by atoms with Crippen molar-refractivity contribution in [3.05, 3.63) is 53.2 Å². The van der Waals surface area contributed by atoms with Crippen LogP contribution in [0.5, 0.6) is 0 Å². The van der Waals surface area contributed by atoms with Gasteiger partial charge in [0.05, 0.1) is 5.69 Å². The van der Waals surface area contributed by atoms with E-state index in [4.69, 9.17) is 9.82 Å². The summed E-state index contributed by atoms with van der Waals surface area (Å²) in [5.41, 5.74) is 5.42. The second-order valence-corrected chi connectivity index (χ2v) is 8.01. The van der Waals surface area contributed by atoms with Crippen LogP contribution in [0.3, 0.4) is 0 Å². The third kappa shape index (κ3) is 4.74. The second-order valence-electron chi connectivity index (χ2n) is 8.01. The largest absolute Gasteiger partial charge is 0.434 e. The summed E-state index contributed by atoms with van der Waals surface area (Å²) in [5, 5.41) is 0.597. The highest BCUT2D eigenvalue weighted by molar-refractivity contribution is 6.01. The first kappa shape index (κ1) is 21.0. The molecule has 31 heavy (non-hydrogen) atoms. The van der Waals surface area contributed by atoms with Crippen molar-refractivity contribution in [3.63, 3.8) is 0 Å². The molecule has 2 aromatic rings. The summed E-state index contributed by atoms with van der Waals surface area (Å²) in [6.07, 6.45) is -0.463. The minimum atomic E-state index is -0.649. The van der Waals surface area contributed by atoms with Gasteiger partial charge in [0.15, 0.2) is 0 Å². The number of aromatic nitrogens is 1. The molecule has 0 bridgehead atoms. The highest BCUT2D eigenvalue weighted by Crippen LogP contribution is 2.21. The van der Waals surface area contributed by atoms with Crippen molar-refractivity contribution in [1.29, 1.82) is 0 Å². The molecule has 0 atom stereocenters. The van der Waals surface area contributed by atoms with Crippen LogP contribution < -0.4 is 0 Å². The van der Waals surface area contributed by atoms with Crippen LogP contribution in [0, 0.1) is 13.8 Å². The number of hydrogen-bond acceptors (Lipinski definition) is 6. The average molecular weight is 422 g/mol. The summed E-state index contributed by atoms with van der Waals surface area (Å²) in [4.78, 5) is 49.1. The van der Waals surface area contributed by atoms with E-state index < -0.39 is 17.9 Å². The predicted molar refractivity (Wildman–Crippen MR) is 114 cm³/mol. The fourth-order valence-electron chi connectivity index (χ4n) is 3.85. The van der Waals surface area contributed by atoms with Gasteiger partial charge in [-0.2, -0.15) is 0 Å². The number of carbonyl (C=O) groups is 3. The molecular formula is C23H26N4O4. The van der Waals surface area contributed by atoms with Crippen molar-refractivity contribution in [2.75, 3.05) is 26.2 Å². The third-order valence-corrected chi connectivity index (χ3v) is 5.71. The van der Waals surface area contributed by atoms with E-state index in [1.54, 1.807) is 0 Å². The Labute approximate surface area is 181 Å². The minimum Gasteiger partial charge on any atom is -0.311 e. The lowest BCUT2D eigenvalue weighted by Gasteiger charge is -2.34. The average Bonchev–Trinajstić information content (AvgIpc) is 3.07. The smallest absolute Gasteiger partial charge is 0.311 e. The highest BCUT2D eigenvalue weighted by atomic mass is 16.7. The van der Waals surface area contributed by atoms with Gasteiger partial charge in [-0.25, -0.2) is 4.79 Å². The molecule has 2 aliphatic heterocycles. The number of carbonyl (C=O) groups excluding carboxylic acids is 3. The molecule has 0 radical (unpaired) electrons. The van der Waals surface area contributed by atoms with Crippen LogP contribution in [-0.2, 0) is 21.0 Å².